The molecule has 0 radical (unpaired) electrons. The molecule has 0 aliphatic carbocycles. The van der Waals surface area contributed by atoms with Crippen LogP contribution in [0.15, 0.2) is 88.6 Å². The first-order valence-electron chi connectivity index (χ1n) is 9.94. The van der Waals surface area contributed by atoms with E-state index < -0.39 is 21.6 Å². The quantitative estimate of drug-likeness (QED) is 0.282. The number of nitrogens with one attached hydrogen (secondary N) is 4. The number of H-pyrrole nitrogens is 1. The molecule has 4 N–H and O–H groups in total. The van der Waals surface area contributed by atoms with E-state index in [1.165, 1.54) is 48.2 Å². The fourth-order valence-corrected chi connectivity index (χ4v) is 3.81. The number of hydrogen-bond donors (Lipinski definition) is 4. The van der Waals surface area contributed by atoms with Crippen LogP contribution in [-0.4, -0.2) is 36.2 Å². The molecule has 0 atom stereocenters. The van der Waals surface area contributed by atoms with Crippen LogP contribution in [0, 0.1) is 0 Å². The van der Waals surface area contributed by atoms with Gasteiger partial charge in [0, 0.05) is 11.3 Å². The van der Waals surface area contributed by atoms with Crippen LogP contribution >= 0.6 is 0 Å². The number of para-hydroxylation sites is 1. The molecule has 0 fully saturated rings. The minimum Gasteiger partial charge on any atom is -0.497 e. The predicted octanol–water partition coefficient (Wildman–Crippen LogP) is 1.94. The van der Waals surface area contributed by atoms with E-state index >= 15 is 0 Å². The van der Waals surface area contributed by atoms with Crippen molar-refractivity contribution >= 4 is 27.6 Å². The number of carbonyl (C=O) groups excluding carboxylic acids is 1. The van der Waals surface area contributed by atoms with Gasteiger partial charge in [0.1, 0.15) is 5.75 Å². The number of hydrogen-bond acceptors (Lipinski definition) is 7. The lowest BCUT2D eigenvalue weighted by Gasteiger charge is -2.09. The highest BCUT2D eigenvalue weighted by Crippen LogP contribution is 2.16. The molecular weight excluding hydrogens is 460 g/mol. The summed E-state index contributed by atoms with van der Waals surface area (Å²) < 4.78 is 30.9. The number of benzene rings is 3. The molecule has 0 saturated carbocycles. The van der Waals surface area contributed by atoms with Gasteiger partial charge < -0.3 is 10.1 Å². The number of rotatable bonds is 8. The first kappa shape index (κ1) is 22.8. The van der Waals surface area contributed by atoms with Crippen LogP contribution in [0.2, 0.25) is 0 Å². The van der Waals surface area contributed by atoms with Crippen molar-refractivity contribution in [1.82, 2.24) is 25.0 Å². The molecule has 1 aromatic heterocycles. The number of aromatic amines is 1. The summed E-state index contributed by atoms with van der Waals surface area (Å²) in [5, 5.41) is 7.15. The van der Waals surface area contributed by atoms with Gasteiger partial charge in [0.2, 0.25) is 5.95 Å². The minimum absolute atomic E-state index is 0.0305. The monoisotopic (exact) mass is 480 g/mol. The van der Waals surface area contributed by atoms with E-state index in [4.69, 9.17) is 4.74 Å². The zero-order valence-corrected chi connectivity index (χ0v) is 18.7. The van der Waals surface area contributed by atoms with Crippen molar-refractivity contribution in [2.75, 3.05) is 12.4 Å². The van der Waals surface area contributed by atoms with Gasteiger partial charge in [-0.25, -0.2) is 13.2 Å². The van der Waals surface area contributed by atoms with Crippen LogP contribution in [0.5, 0.6) is 5.75 Å². The molecule has 0 unspecified atom stereocenters. The Morgan fingerprint density at radius 2 is 1.65 bits per heavy atom. The molecule has 0 saturated heterocycles. The first-order valence-corrected chi connectivity index (χ1v) is 11.4. The highest BCUT2D eigenvalue weighted by atomic mass is 32.2. The number of methoxy groups -OCH3 is 1. The van der Waals surface area contributed by atoms with E-state index in [-0.39, 0.29) is 16.4 Å². The van der Waals surface area contributed by atoms with Crippen molar-refractivity contribution in [1.29, 1.82) is 0 Å². The smallest absolute Gasteiger partial charge is 0.349 e. The molecule has 1 heterocycles. The zero-order valence-electron chi connectivity index (χ0n) is 17.8. The molecule has 174 valence electrons. The molecule has 0 spiro atoms. The molecule has 4 aromatic rings. The molecule has 4 rings (SSSR count). The average molecular weight is 481 g/mol. The topological polar surface area (TPSA) is 147 Å². The van der Waals surface area contributed by atoms with Crippen molar-refractivity contribution in [2.45, 2.75) is 4.90 Å². The van der Waals surface area contributed by atoms with Crippen molar-refractivity contribution < 1.29 is 17.9 Å². The molecule has 0 aliphatic heterocycles. The van der Waals surface area contributed by atoms with Crippen LogP contribution < -0.4 is 26.0 Å². The summed E-state index contributed by atoms with van der Waals surface area (Å²) >= 11 is 0. The Morgan fingerprint density at radius 1 is 0.971 bits per heavy atom. The van der Waals surface area contributed by atoms with Crippen molar-refractivity contribution in [3.8, 4) is 11.4 Å². The summed E-state index contributed by atoms with van der Waals surface area (Å²) in [5.74, 6) is 0.0799. The maximum Gasteiger partial charge on any atom is 0.349 e. The Kier molecular flexibility index (Phi) is 6.43. The summed E-state index contributed by atoms with van der Waals surface area (Å²) in [5.41, 5.74) is 3.15. The van der Waals surface area contributed by atoms with Crippen LogP contribution in [0.3, 0.4) is 0 Å². The summed E-state index contributed by atoms with van der Waals surface area (Å²) in [4.78, 5) is 29.1. The third-order valence-electron chi connectivity index (χ3n) is 4.70. The number of carbonyl (C=O) groups is 1. The number of sulfonamides is 1. The van der Waals surface area contributed by atoms with E-state index in [2.05, 4.69) is 25.7 Å². The third-order valence-corrected chi connectivity index (χ3v) is 5.96. The van der Waals surface area contributed by atoms with Gasteiger partial charge in [0.15, 0.2) is 0 Å². The molecule has 34 heavy (non-hydrogen) atoms. The maximum atomic E-state index is 12.4. The summed E-state index contributed by atoms with van der Waals surface area (Å²) in [6.07, 6.45) is 0. The van der Waals surface area contributed by atoms with Crippen LogP contribution in [0.1, 0.15) is 10.4 Å². The highest BCUT2D eigenvalue weighted by molar-refractivity contribution is 7.89. The summed E-state index contributed by atoms with van der Waals surface area (Å²) in [6.45, 7) is 0. The zero-order chi connectivity index (χ0) is 24.1. The normalized spacial score (nSPS) is 11.1. The van der Waals surface area contributed by atoms with Crippen molar-refractivity contribution in [3.63, 3.8) is 0 Å². The van der Waals surface area contributed by atoms with Crippen molar-refractivity contribution in [3.05, 3.63) is 94.9 Å². The van der Waals surface area contributed by atoms with Gasteiger partial charge in [-0.1, -0.05) is 18.2 Å². The number of nitrogens with zero attached hydrogens (tertiary/aromatic N) is 2. The second-order valence-corrected chi connectivity index (χ2v) is 8.65. The average Bonchev–Trinajstić information content (AvgIpc) is 3.23. The molecule has 1 amide bonds. The lowest BCUT2D eigenvalue weighted by molar-refractivity contribution is 0.0945. The Bertz CT molecular complexity index is 1450. The lowest BCUT2D eigenvalue weighted by atomic mass is 10.2. The van der Waals surface area contributed by atoms with Gasteiger partial charge in [0.25, 0.3) is 15.9 Å². The predicted molar refractivity (Wildman–Crippen MR) is 125 cm³/mol. The van der Waals surface area contributed by atoms with E-state index in [1.807, 2.05) is 6.07 Å². The van der Waals surface area contributed by atoms with E-state index in [1.54, 1.807) is 36.4 Å². The number of amides is 1. The fourth-order valence-electron chi connectivity index (χ4n) is 2.97. The minimum atomic E-state index is -3.96. The fraction of sp³-hybridized carbons (Fsp3) is 0.0455. The van der Waals surface area contributed by atoms with Crippen LogP contribution in [-0.2, 0) is 10.0 Å². The van der Waals surface area contributed by atoms with E-state index in [0.717, 1.165) is 0 Å². The van der Waals surface area contributed by atoms with Gasteiger partial charge in [0.05, 0.1) is 17.7 Å². The highest BCUT2D eigenvalue weighted by Gasteiger charge is 2.16. The van der Waals surface area contributed by atoms with E-state index in [0.29, 0.717) is 17.1 Å². The van der Waals surface area contributed by atoms with Gasteiger partial charge in [-0.05, 0) is 60.7 Å². The molecule has 0 bridgehead atoms. The summed E-state index contributed by atoms with van der Waals surface area (Å²) in [7, 11) is -2.48. The molecule has 11 nitrogen and oxygen atoms in total. The molecule has 3 aromatic carbocycles. The molecule has 12 heteroatoms. The number of hydrazine groups is 1. The SMILES string of the molecule is COc1ccc(S(=O)(=O)NNC(=O)c2ccc(Nc3nn(-c4ccccc4)c(=O)[nH]3)cc2)cc1. The summed E-state index contributed by atoms with van der Waals surface area (Å²) in [6, 6.07) is 20.8. The number of ether oxygens (including phenoxy) is 1. The Hall–Kier alpha value is -4.42. The molecular formula is C22H20N6O5S. The maximum absolute atomic E-state index is 12.4. The van der Waals surface area contributed by atoms with E-state index in [9.17, 15) is 18.0 Å². The van der Waals surface area contributed by atoms with Gasteiger partial charge in [-0.15, -0.1) is 9.93 Å². The molecule has 0 aliphatic rings. The largest absolute Gasteiger partial charge is 0.497 e. The van der Waals surface area contributed by atoms with Crippen LogP contribution in [0.4, 0.5) is 11.6 Å². The lowest BCUT2D eigenvalue weighted by Crippen LogP contribution is -2.41. The standard InChI is InChI=1S/C22H20N6O5S/c1-33-18-11-13-19(14-12-18)34(31,32)27-25-20(29)15-7-9-16(10-8-15)23-21-24-22(30)28(26-21)17-5-3-2-4-6-17/h2-14,27H,1H3,(H,25,29)(H2,23,24,26,30). The van der Waals surface area contributed by atoms with Crippen LogP contribution in [0.25, 0.3) is 5.69 Å². The van der Waals surface area contributed by atoms with Crippen molar-refractivity contribution in [2.24, 2.45) is 0 Å². The number of anilines is 2. The Balaban J connectivity index is 1.38. The number of aromatic nitrogens is 3. The Labute approximate surface area is 194 Å². The second-order valence-electron chi connectivity index (χ2n) is 6.96. The van der Waals surface area contributed by atoms with Gasteiger partial charge >= 0.3 is 5.69 Å². The first-order chi connectivity index (χ1) is 16.4. The third kappa shape index (κ3) is 5.14. The van der Waals surface area contributed by atoms with Gasteiger partial charge in [-0.2, -0.15) is 4.68 Å². The second kappa shape index (κ2) is 9.60. The Morgan fingerprint density at radius 3 is 2.29 bits per heavy atom. The van der Waals surface area contributed by atoms with Gasteiger partial charge in [-0.3, -0.25) is 15.2 Å².